The number of rotatable bonds is 9. The van der Waals surface area contributed by atoms with Gasteiger partial charge in [0, 0.05) is 32.8 Å². The molecule has 0 spiro atoms. The number of amides is 2. The van der Waals surface area contributed by atoms with E-state index in [2.05, 4.69) is 16.0 Å². The van der Waals surface area contributed by atoms with Crippen molar-refractivity contribution >= 4 is 11.8 Å². The fourth-order valence-corrected chi connectivity index (χ4v) is 1.84. The van der Waals surface area contributed by atoms with Gasteiger partial charge in [0.05, 0.1) is 7.11 Å². The molecule has 0 aromatic heterocycles. The number of nitrogens with one attached hydrogen (secondary N) is 3. The van der Waals surface area contributed by atoms with E-state index in [0.717, 1.165) is 11.3 Å². The molecule has 0 radical (unpaired) electrons. The molecule has 0 aliphatic heterocycles. The number of nitriles is 1. The van der Waals surface area contributed by atoms with Gasteiger partial charge in [0.2, 0.25) is 5.91 Å². The molecule has 0 aliphatic rings. The molecule has 0 unspecified atom stereocenters. The largest absolute Gasteiger partial charge is 0.497 e. The lowest BCUT2D eigenvalue weighted by atomic mass is 10.1. The molecule has 0 bridgehead atoms. The lowest BCUT2D eigenvalue weighted by Crippen LogP contribution is -2.30. The Morgan fingerprint density at radius 1 is 1.17 bits per heavy atom. The van der Waals surface area contributed by atoms with Crippen molar-refractivity contribution < 1.29 is 14.3 Å². The van der Waals surface area contributed by atoms with Crippen molar-refractivity contribution in [3.63, 3.8) is 0 Å². The van der Waals surface area contributed by atoms with Crippen molar-refractivity contribution in [2.24, 2.45) is 0 Å². The molecule has 24 heavy (non-hydrogen) atoms. The second-order valence-electron chi connectivity index (χ2n) is 4.96. The van der Waals surface area contributed by atoms with Crippen LogP contribution in [0, 0.1) is 11.3 Å². The van der Waals surface area contributed by atoms with Crippen LogP contribution in [-0.2, 0) is 16.0 Å². The van der Waals surface area contributed by atoms with E-state index in [9.17, 15) is 9.59 Å². The molecule has 128 valence electrons. The fraction of sp³-hybridized carbons (Fsp3) is 0.353. The van der Waals surface area contributed by atoms with E-state index >= 15 is 0 Å². The summed E-state index contributed by atoms with van der Waals surface area (Å²) in [6.07, 6.45) is 2.01. The first-order valence-electron chi connectivity index (χ1n) is 7.56. The Morgan fingerprint density at radius 3 is 2.46 bits per heavy atom. The number of methoxy groups -OCH3 is 1. The smallest absolute Gasteiger partial charge is 0.263 e. The zero-order chi connectivity index (χ0) is 17.8. The molecule has 1 rings (SSSR count). The van der Waals surface area contributed by atoms with Crippen LogP contribution >= 0.6 is 0 Å². The minimum atomic E-state index is -0.432. The first-order valence-corrected chi connectivity index (χ1v) is 7.56. The van der Waals surface area contributed by atoms with Crippen molar-refractivity contribution in [1.82, 2.24) is 16.0 Å². The van der Waals surface area contributed by atoms with Crippen LogP contribution in [0.1, 0.15) is 12.5 Å². The van der Waals surface area contributed by atoms with Crippen LogP contribution in [0.3, 0.4) is 0 Å². The highest BCUT2D eigenvalue weighted by molar-refractivity contribution is 5.97. The Labute approximate surface area is 141 Å². The van der Waals surface area contributed by atoms with E-state index in [1.54, 1.807) is 7.11 Å². The molecule has 2 amide bonds. The summed E-state index contributed by atoms with van der Waals surface area (Å²) in [5.74, 6) is 0.221. The molecule has 0 atom stereocenters. The topological polar surface area (TPSA) is 103 Å². The van der Waals surface area contributed by atoms with Gasteiger partial charge in [-0.05, 0) is 24.1 Å². The highest BCUT2D eigenvalue weighted by atomic mass is 16.5. The predicted octanol–water partition coefficient (Wildman–Crippen LogP) is 0.487. The van der Waals surface area contributed by atoms with E-state index in [1.807, 2.05) is 30.3 Å². The molecular formula is C17H22N4O3. The van der Waals surface area contributed by atoms with Crippen molar-refractivity contribution in [3.8, 4) is 11.8 Å². The summed E-state index contributed by atoms with van der Waals surface area (Å²) in [4.78, 5) is 22.6. The Hall–Kier alpha value is -3.01. The maximum Gasteiger partial charge on any atom is 0.263 e. The number of carbonyl (C=O) groups excluding carboxylic acids is 2. The summed E-state index contributed by atoms with van der Waals surface area (Å²) in [5.41, 5.74) is 1.06. The van der Waals surface area contributed by atoms with E-state index < -0.39 is 5.91 Å². The Kier molecular flexibility index (Phi) is 8.47. The molecule has 7 nitrogen and oxygen atoms in total. The summed E-state index contributed by atoms with van der Waals surface area (Å²) in [5, 5.41) is 17.1. The first-order chi connectivity index (χ1) is 11.6. The van der Waals surface area contributed by atoms with Crippen LogP contribution in [0.4, 0.5) is 0 Å². The molecule has 1 aromatic rings. The summed E-state index contributed by atoms with van der Waals surface area (Å²) < 4.78 is 5.08. The standard InChI is InChI=1S/C17H22N4O3/c1-13(22)20-10-9-19-12-15(11-18)17(23)21-8-7-14-3-5-16(24-2)6-4-14/h3-6,12,19H,7-10H2,1-2H3,(H,20,22)(H,21,23)/b15-12-. The van der Waals surface area contributed by atoms with Gasteiger partial charge in [0.1, 0.15) is 17.4 Å². The third kappa shape index (κ3) is 7.31. The lowest BCUT2D eigenvalue weighted by Gasteiger charge is -2.06. The second-order valence-corrected chi connectivity index (χ2v) is 4.96. The van der Waals surface area contributed by atoms with Crippen LogP contribution in [0.15, 0.2) is 36.0 Å². The average molecular weight is 330 g/mol. The molecule has 0 saturated heterocycles. The minimum Gasteiger partial charge on any atom is -0.497 e. The molecule has 0 heterocycles. The number of hydrogen-bond acceptors (Lipinski definition) is 5. The van der Waals surface area contributed by atoms with Crippen LogP contribution in [0.2, 0.25) is 0 Å². The van der Waals surface area contributed by atoms with Crippen LogP contribution in [0.5, 0.6) is 5.75 Å². The Morgan fingerprint density at radius 2 is 1.88 bits per heavy atom. The summed E-state index contributed by atoms with van der Waals surface area (Å²) in [6.45, 7) is 2.70. The summed E-state index contributed by atoms with van der Waals surface area (Å²) in [7, 11) is 1.61. The van der Waals surface area contributed by atoms with Gasteiger partial charge in [0.15, 0.2) is 0 Å². The Bertz CT molecular complexity index is 618. The van der Waals surface area contributed by atoms with Crippen LogP contribution in [-0.4, -0.2) is 38.6 Å². The van der Waals surface area contributed by atoms with E-state index in [0.29, 0.717) is 26.1 Å². The maximum atomic E-state index is 11.9. The second kappa shape index (κ2) is 10.7. The predicted molar refractivity (Wildman–Crippen MR) is 90.1 cm³/mol. The Balaban J connectivity index is 2.35. The number of carbonyl (C=O) groups is 2. The van der Waals surface area contributed by atoms with E-state index in [-0.39, 0.29) is 11.5 Å². The lowest BCUT2D eigenvalue weighted by molar-refractivity contribution is -0.119. The van der Waals surface area contributed by atoms with Gasteiger partial charge in [-0.1, -0.05) is 12.1 Å². The van der Waals surface area contributed by atoms with Gasteiger partial charge < -0.3 is 20.7 Å². The van der Waals surface area contributed by atoms with Crippen molar-refractivity contribution in [1.29, 1.82) is 5.26 Å². The van der Waals surface area contributed by atoms with Gasteiger partial charge in [-0.2, -0.15) is 5.26 Å². The quantitative estimate of drug-likeness (QED) is 0.347. The molecule has 0 fully saturated rings. The third-order valence-corrected chi connectivity index (χ3v) is 3.11. The van der Waals surface area contributed by atoms with Gasteiger partial charge >= 0.3 is 0 Å². The number of nitrogens with zero attached hydrogens (tertiary/aromatic N) is 1. The summed E-state index contributed by atoms with van der Waals surface area (Å²) in [6, 6.07) is 9.42. The highest BCUT2D eigenvalue weighted by Gasteiger charge is 2.07. The van der Waals surface area contributed by atoms with Crippen LogP contribution in [0.25, 0.3) is 0 Å². The van der Waals surface area contributed by atoms with Crippen LogP contribution < -0.4 is 20.7 Å². The monoisotopic (exact) mass is 330 g/mol. The third-order valence-electron chi connectivity index (χ3n) is 3.11. The molecule has 7 heteroatoms. The van der Waals surface area contributed by atoms with Crippen molar-refractivity contribution in [3.05, 3.63) is 41.6 Å². The van der Waals surface area contributed by atoms with E-state index in [4.69, 9.17) is 10.00 Å². The highest BCUT2D eigenvalue weighted by Crippen LogP contribution is 2.11. The molecule has 0 saturated carbocycles. The van der Waals surface area contributed by atoms with Crippen molar-refractivity contribution in [2.75, 3.05) is 26.7 Å². The van der Waals surface area contributed by atoms with Gasteiger partial charge in [-0.15, -0.1) is 0 Å². The minimum absolute atomic E-state index is 0.00689. The molecule has 1 aromatic carbocycles. The number of benzene rings is 1. The average Bonchev–Trinajstić information content (AvgIpc) is 2.58. The zero-order valence-electron chi connectivity index (χ0n) is 13.9. The molecular weight excluding hydrogens is 308 g/mol. The fourth-order valence-electron chi connectivity index (χ4n) is 1.84. The maximum absolute atomic E-state index is 11.9. The molecule has 3 N–H and O–H groups in total. The summed E-state index contributed by atoms with van der Waals surface area (Å²) >= 11 is 0. The zero-order valence-corrected chi connectivity index (χ0v) is 13.9. The number of hydrogen-bond donors (Lipinski definition) is 3. The van der Waals surface area contributed by atoms with Gasteiger partial charge in [0.25, 0.3) is 5.91 Å². The van der Waals surface area contributed by atoms with Gasteiger partial charge in [-0.3, -0.25) is 9.59 Å². The normalized spacial score (nSPS) is 10.5. The van der Waals surface area contributed by atoms with Crippen molar-refractivity contribution in [2.45, 2.75) is 13.3 Å². The molecule has 0 aliphatic carbocycles. The number of ether oxygens (including phenoxy) is 1. The SMILES string of the molecule is COc1ccc(CCNC(=O)/C(C#N)=C\NCCNC(C)=O)cc1. The van der Waals surface area contributed by atoms with E-state index in [1.165, 1.54) is 13.1 Å². The van der Waals surface area contributed by atoms with Gasteiger partial charge in [-0.25, -0.2) is 0 Å². The first kappa shape index (κ1) is 19.0.